The monoisotopic (exact) mass is 420 g/mol. The van der Waals surface area contributed by atoms with Gasteiger partial charge >= 0.3 is 6.03 Å². The highest BCUT2D eigenvalue weighted by molar-refractivity contribution is 5.94. The van der Waals surface area contributed by atoms with Crippen molar-refractivity contribution in [1.82, 2.24) is 10.2 Å². The van der Waals surface area contributed by atoms with Crippen molar-refractivity contribution < 1.29 is 14.4 Å². The van der Waals surface area contributed by atoms with Gasteiger partial charge in [-0.1, -0.05) is 30.3 Å². The van der Waals surface area contributed by atoms with Gasteiger partial charge in [-0.25, -0.2) is 4.79 Å². The van der Waals surface area contributed by atoms with E-state index in [-0.39, 0.29) is 29.7 Å². The molecule has 1 aliphatic carbocycles. The Labute approximate surface area is 182 Å². The van der Waals surface area contributed by atoms with Crippen LogP contribution in [0.15, 0.2) is 54.6 Å². The van der Waals surface area contributed by atoms with E-state index in [2.05, 4.69) is 16.0 Å². The predicted molar refractivity (Wildman–Crippen MR) is 119 cm³/mol. The Hall–Kier alpha value is -3.35. The van der Waals surface area contributed by atoms with E-state index in [4.69, 9.17) is 0 Å². The van der Waals surface area contributed by atoms with Crippen molar-refractivity contribution in [3.8, 4) is 0 Å². The molecule has 0 aromatic heterocycles. The number of carbonyl (C=O) groups excluding carboxylic acids is 3. The van der Waals surface area contributed by atoms with Crippen LogP contribution < -0.4 is 16.0 Å². The summed E-state index contributed by atoms with van der Waals surface area (Å²) in [7, 11) is 0. The zero-order valence-corrected chi connectivity index (χ0v) is 17.5. The van der Waals surface area contributed by atoms with Gasteiger partial charge in [0.15, 0.2) is 0 Å². The lowest BCUT2D eigenvalue weighted by Gasteiger charge is -2.32. The molecule has 2 fully saturated rings. The summed E-state index contributed by atoms with van der Waals surface area (Å²) in [5, 5.41) is 8.79. The average molecular weight is 421 g/mol. The van der Waals surface area contributed by atoms with Crippen molar-refractivity contribution >= 4 is 29.2 Å². The van der Waals surface area contributed by atoms with Crippen molar-refractivity contribution in [2.24, 2.45) is 11.8 Å². The molecule has 0 radical (unpaired) electrons. The Morgan fingerprint density at radius 2 is 1.55 bits per heavy atom. The number of anilines is 2. The van der Waals surface area contributed by atoms with Gasteiger partial charge < -0.3 is 20.9 Å². The molecule has 7 heteroatoms. The number of piperidine rings is 1. The maximum atomic E-state index is 12.7. The summed E-state index contributed by atoms with van der Waals surface area (Å²) >= 11 is 0. The minimum atomic E-state index is -0.222. The van der Waals surface area contributed by atoms with Gasteiger partial charge in [-0.05, 0) is 55.5 Å². The van der Waals surface area contributed by atoms with Crippen LogP contribution in [0.3, 0.4) is 0 Å². The first-order chi connectivity index (χ1) is 15.1. The van der Waals surface area contributed by atoms with Crippen molar-refractivity contribution in [3.05, 3.63) is 60.2 Å². The van der Waals surface area contributed by atoms with Crippen LogP contribution in [0.4, 0.5) is 16.2 Å². The van der Waals surface area contributed by atoms with Crippen molar-refractivity contribution in [1.29, 1.82) is 0 Å². The van der Waals surface area contributed by atoms with Crippen LogP contribution >= 0.6 is 0 Å². The Bertz CT molecular complexity index is 943. The molecule has 1 atom stereocenters. The first kappa shape index (κ1) is 20.9. The van der Waals surface area contributed by atoms with Crippen LogP contribution in [0.1, 0.15) is 31.2 Å². The van der Waals surface area contributed by atoms with Gasteiger partial charge in [0, 0.05) is 36.9 Å². The summed E-state index contributed by atoms with van der Waals surface area (Å²) in [5.74, 6) is -0.0627. The van der Waals surface area contributed by atoms with Crippen LogP contribution in [0.2, 0.25) is 0 Å². The molecule has 162 valence electrons. The topological polar surface area (TPSA) is 90.5 Å². The van der Waals surface area contributed by atoms with Gasteiger partial charge in [-0.2, -0.15) is 0 Å². The average Bonchev–Trinajstić information content (AvgIpc) is 3.64. The molecule has 31 heavy (non-hydrogen) atoms. The Morgan fingerprint density at radius 1 is 0.839 bits per heavy atom. The molecule has 0 spiro atoms. The van der Waals surface area contributed by atoms with Crippen LogP contribution in [0.5, 0.6) is 0 Å². The Balaban J connectivity index is 1.27. The van der Waals surface area contributed by atoms with E-state index in [9.17, 15) is 14.4 Å². The van der Waals surface area contributed by atoms with Crippen molar-refractivity contribution in [2.45, 2.75) is 32.2 Å². The van der Waals surface area contributed by atoms with Gasteiger partial charge in [-0.3, -0.25) is 9.59 Å². The number of urea groups is 1. The maximum Gasteiger partial charge on any atom is 0.317 e. The van der Waals surface area contributed by atoms with Crippen molar-refractivity contribution in [2.75, 3.05) is 23.7 Å². The third-order valence-electron chi connectivity index (χ3n) is 5.71. The fraction of sp³-hybridized carbons (Fsp3) is 0.375. The lowest BCUT2D eigenvalue weighted by molar-refractivity contribution is -0.121. The Morgan fingerprint density at radius 3 is 2.32 bits per heavy atom. The van der Waals surface area contributed by atoms with E-state index in [1.54, 1.807) is 4.90 Å². The summed E-state index contributed by atoms with van der Waals surface area (Å²) in [6, 6.07) is 16.7. The van der Waals surface area contributed by atoms with E-state index in [1.165, 1.54) is 0 Å². The van der Waals surface area contributed by atoms with Gasteiger partial charge in [0.1, 0.15) is 0 Å². The molecular weight excluding hydrogens is 392 g/mol. The first-order valence-corrected chi connectivity index (χ1v) is 10.9. The Kier molecular flexibility index (Phi) is 6.50. The predicted octanol–water partition coefficient (Wildman–Crippen LogP) is 3.60. The summed E-state index contributed by atoms with van der Waals surface area (Å²) in [6.07, 6.45) is 3.48. The summed E-state index contributed by atoms with van der Waals surface area (Å²) in [5.41, 5.74) is 2.43. The van der Waals surface area contributed by atoms with Gasteiger partial charge in [0.2, 0.25) is 11.8 Å². The molecule has 1 saturated carbocycles. The normalized spacial score (nSPS) is 18.2. The second kappa shape index (κ2) is 9.64. The highest BCUT2D eigenvalue weighted by Crippen LogP contribution is 2.30. The zero-order chi connectivity index (χ0) is 21.6. The molecule has 7 nitrogen and oxygen atoms in total. The molecule has 1 aliphatic heterocycles. The number of nitrogens with one attached hydrogen (secondary N) is 3. The van der Waals surface area contributed by atoms with Crippen LogP contribution in [-0.2, 0) is 16.1 Å². The molecule has 4 rings (SSSR count). The molecule has 0 unspecified atom stereocenters. The fourth-order valence-corrected chi connectivity index (χ4v) is 3.78. The molecule has 0 bridgehead atoms. The smallest absolute Gasteiger partial charge is 0.317 e. The number of likely N-dealkylation sites (tertiary alicyclic amines) is 1. The van der Waals surface area contributed by atoms with E-state index < -0.39 is 0 Å². The number of hydrogen-bond acceptors (Lipinski definition) is 3. The highest BCUT2D eigenvalue weighted by atomic mass is 16.2. The minimum absolute atomic E-state index is 0.0530. The van der Waals surface area contributed by atoms with E-state index in [0.29, 0.717) is 19.6 Å². The quantitative estimate of drug-likeness (QED) is 0.667. The van der Waals surface area contributed by atoms with Crippen molar-refractivity contribution in [3.63, 3.8) is 0 Å². The molecule has 1 saturated heterocycles. The summed E-state index contributed by atoms with van der Waals surface area (Å²) in [4.78, 5) is 38.9. The number of rotatable bonds is 6. The molecular formula is C24H28N4O3. The zero-order valence-electron chi connectivity index (χ0n) is 17.5. The molecule has 2 aromatic rings. The van der Waals surface area contributed by atoms with Gasteiger partial charge in [-0.15, -0.1) is 0 Å². The highest BCUT2D eigenvalue weighted by Gasteiger charge is 2.30. The van der Waals surface area contributed by atoms with E-state index >= 15 is 0 Å². The van der Waals surface area contributed by atoms with Crippen LogP contribution in [0, 0.1) is 11.8 Å². The van der Waals surface area contributed by atoms with Gasteiger partial charge in [0.25, 0.3) is 0 Å². The van der Waals surface area contributed by atoms with Crippen LogP contribution in [0.25, 0.3) is 0 Å². The summed E-state index contributed by atoms with van der Waals surface area (Å²) in [6.45, 7) is 1.41. The largest absolute Gasteiger partial charge is 0.334 e. The molecule has 2 aromatic carbocycles. The van der Waals surface area contributed by atoms with Gasteiger partial charge in [0.05, 0.1) is 5.92 Å². The van der Waals surface area contributed by atoms with E-state index in [1.807, 2.05) is 54.6 Å². The number of para-hydroxylation sites is 1. The SMILES string of the molecule is O=C(Nc1cccc(CNC(=O)N2CCC[C@H](C(=O)Nc3ccccc3)C2)c1)C1CC1. The number of nitrogens with zero attached hydrogens (tertiary/aromatic N) is 1. The lowest BCUT2D eigenvalue weighted by atomic mass is 9.97. The van der Waals surface area contributed by atoms with Crippen LogP contribution in [-0.4, -0.2) is 35.8 Å². The third-order valence-corrected chi connectivity index (χ3v) is 5.71. The molecule has 3 N–H and O–H groups in total. The number of benzene rings is 2. The second-order valence-electron chi connectivity index (χ2n) is 8.26. The number of carbonyl (C=O) groups is 3. The second-order valence-corrected chi connectivity index (χ2v) is 8.26. The summed E-state index contributed by atoms with van der Waals surface area (Å²) < 4.78 is 0. The number of hydrogen-bond donors (Lipinski definition) is 3. The maximum absolute atomic E-state index is 12.7. The minimum Gasteiger partial charge on any atom is -0.334 e. The first-order valence-electron chi connectivity index (χ1n) is 10.9. The standard InChI is InChI=1S/C24H28N4O3/c29-22(18-11-12-18)27-21-10-4-6-17(14-21)15-25-24(31)28-13-5-7-19(16-28)23(30)26-20-8-2-1-3-9-20/h1-4,6,8-10,14,18-19H,5,7,11-13,15-16H2,(H,25,31)(H,26,30)(H,27,29)/t19-/m0/s1. The molecule has 1 heterocycles. The third kappa shape index (κ3) is 5.84. The molecule has 4 amide bonds. The fourth-order valence-electron chi connectivity index (χ4n) is 3.78. The molecule has 2 aliphatic rings. The van der Waals surface area contributed by atoms with E-state index in [0.717, 1.165) is 42.6 Å². The lowest BCUT2D eigenvalue weighted by Crippen LogP contribution is -2.47. The number of amides is 4.